The third kappa shape index (κ3) is 4.86. The standard InChI is InChI=1S/C20H28N6S/c1-14(2)17-13-27-19(25-17)12-23-20(21-4)22-10-7-11-26-15(3)24-16-8-5-6-9-18(16)26/h5-6,8-9,13-14H,7,10-12H2,1-4H3,(H2,21,22,23). The van der Waals surface area contributed by atoms with E-state index in [1.807, 2.05) is 6.07 Å². The molecule has 27 heavy (non-hydrogen) atoms. The third-order valence-electron chi connectivity index (χ3n) is 4.49. The van der Waals surface area contributed by atoms with Crippen LogP contribution in [0.4, 0.5) is 0 Å². The number of aryl methyl sites for hydroxylation is 2. The molecule has 2 heterocycles. The molecular weight excluding hydrogens is 356 g/mol. The monoisotopic (exact) mass is 384 g/mol. The van der Waals surface area contributed by atoms with Crippen LogP contribution in [-0.2, 0) is 13.1 Å². The molecule has 0 aliphatic carbocycles. The fraction of sp³-hybridized carbons (Fsp3) is 0.450. The van der Waals surface area contributed by atoms with Crippen LogP contribution in [0.5, 0.6) is 0 Å². The SMILES string of the molecule is CN=C(NCCCn1c(C)nc2ccccc21)NCc1nc(C(C)C)cs1. The summed E-state index contributed by atoms with van der Waals surface area (Å²) in [6.07, 6.45) is 0.997. The minimum atomic E-state index is 0.468. The molecule has 6 nitrogen and oxygen atoms in total. The molecule has 0 amide bonds. The normalized spacial score (nSPS) is 12.1. The van der Waals surface area contributed by atoms with Crippen LogP contribution in [0.15, 0.2) is 34.6 Å². The van der Waals surface area contributed by atoms with Gasteiger partial charge in [0, 0.05) is 25.5 Å². The number of imidazole rings is 1. The van der Waals surface area contributed by atoms with Gasteiger partial charge in [-0.05, 0) is 31.4 Å². The Hall–Kier alpha value is -2.41. The van der Waals surface area contributed by atoms with Crippen LogP contribution in [0.2, 0.25) is 0 Å². The Kier molecular flexibility index (Phi) is 6.45. The van der Waals surface area contributed by atoms with Gasteiger partial charge < -0.3 is 15.2 Å². The number of para-hydroxylation sites is 2. The van der Waals surface area contributed by atoms with Gasteiger partial charge >= 0.3 is 0 Å². The Bertz CT molecular complexity index is 908. The molecule has 3 aromatic rings. The van der Waals surface area contributed by atoms with E-state index in [1.165, 1.54) is 5.52 Å². The van der Waals surface area contributed by atoms with Gasteiger partial charge in [0.25, 0.3) is 0 Å². The Morgan fingerprint density at radius 2 is 2.04 bits per heavy atom. The van der Waals surface area contributed by atoms with Crippen LogP contribution in [-0.4, -0.2) is 34.1 Å². The molecule has 0 aliphatic heterocycles. The van der Waals surface area contributed by atoms with Crippen molar-refractivity contribution < 1.29 is 0 Å². The number of nitrogens with zero attached hydrogens (tertiary/aromatic N) is 4. The number of hydrogen-bond acceptors (Lipinski definition) is 4. The van der Waals surface area contributed by atoms with Crippen LogP contribution in [0.1, 0.15) is 42.7 Å². The second-order valence-corrected chi connectivity index (χ2v) is 7.77. The highest BCUT2D eigenvalue weighted by molar-refractivity contribution is 7.09. The Labute approximate surface area is 164 Å². The van der Waals surface area contributed by atoms with Crippen molar-refractivity contribution in [1.82, 2.24) is 25.2 Å². The number of nitrogens with one attached hydrogen (secondary N) is 2. The number of hydrogen-bond donors (Lipinski definition) is 2. The predicted octanol–water partition coefficient (Wildman–Crippen LogP) is 3.68. The first-order chi connectivity index (χ1) is 13.1. The second-order valence-electron chi connectivity index (χ2n) is 6.83. The van der Waals surface area contributed by atoms with E-state index in [2.05, 4.69) is 74.5 Å². The van der Waals surface area contributed by atoms with Gasteiger partial charge in [0.1, 0.15) is 10.8 Å². The molecule has 2 N–H and O–H groups in total. The van der Waals surface area contributed by atoms with Gasteiger partial charge in [-0.3, -0.25) is 4.99 Å². The number of aromatic nitrogens is 3. The zero-order valence-corrected chi connectivity index (χ0v) is 17.3. The largest absolute Gasteiger partial charge is 0.356 e. The first-order valence-corrected chi connectivity index (χ1v) is 10.3. The van der Waals surface area contributed by atoms with Gasteiger partial charge in [0.05, 0.1) is 23.3 Å². The maximum absolute atomic E-state index is 4.65. The summed E-state index contributed by atoms with van der Waals surface area (Å²) in [6, 6.07) is 8.28. The summed E-state index contributed by atoms with van der Waals surface area (Å²) < 4.78 is 2.27. The van der Waals surface area contributed by atoms with Gasteiger partial charge in [-0.25, -0.2) is 9.97 Å². The minimum Gasteiger partial charge on any atom is -0.356 e. The van der Waals surface area contributed by atoms with Gasteiger partial charge in [-0.1, -0.05) is 26.0 Å². The van der Waals surface area contributed by atoms with Crippen molar-refractivity contribution in [3.63, 3.8) is 0 Å². The summed E-state index contributed by atoms with van der Waals surface area (Å²) in [4.78, 5) is 13.6. The quantitative estimate of drug-likeness (QED) is 0.370. The van der Waals surface area contributed by atoms with Crippen molar-refractivity contribution >= 4 is 28.3 Å². The number of aliphatic imine (C=N–C) groups is 1. The summed E-state index contributed by atoms with van der Waals surface area (Å²) in [5, 5.41) is 9.94. The maximum atomic E-state index is 4.65. The second kappa shape index (κ2) is 8.99. The molecule has 2 aromatic heterocycles. The first kappa shape index (κ1) is 19.4. The van der Waals surface area contributed by atoms with E-state index in [0.717, 1.165) is 47.5 Å². The van der Waals surface area contributed by atoms with Crippen LogP contribution in [0.3, 0.4) is 0 Å². The fourth-order valence-corrected chi connectivity index (χ4v) is 3.87. The number of fused-ring (bicyclic) bond motifs is 1. The molecule has 0 atom stereocenters. The lowest BCUT2D eigenvalue weighted by Crippen LogP contribution is -2.37. The van der Waals surface area contributed by atoms with E-state index in [0.29, 0.717) is 12.5 Å². The molecule has 3 rings (SSSR count). The van der Waals surface area contributed by atoms with Gasteiger partial charge in [0.2, 0.25) is 0 Å². The van der Waals surface area contributed by atoms with Crippen molar-refractivity contribution in [2.45, 2.75) is 46.2 Å². The number of benzene rings is 1. The summed E-state index contributed by atoms with van der Waals surface area (Å²) in [7, 11) is 1.80. The summed E-state index contributed by atoms with van der Waals surface area (Å²) >= 11 is 1.69. The van der Waals surface area contributed by atoms with E-state index >= 15 is 0 Å². The zero-order chi connectivity index (χ0) is 19.2. The fourth-order valence-electron chi connectivity index (χ4n) is 2.97. The first-order valence-electron chi connectivity index (χ1n) is 9.39. The maximum Gasteiger partial charge on any atom is 0.191 e. The summed E-state index contributed by atoms with van der Waals surface area (Å²) in [5.41, 5.74) is 3.41. The van der Waals surface area contributed by atoms with Crippen molar-refractivity contribution in [1.29, 1.82) is 0 Å². The molecule has 0 spiro atoms. The molecule has 0 unspecified atom stereocenters. The molecule has 0 bridgehead atoms. The molecule has 0 aliphatic rings. The molecule has 0 saturated carbocycles. The smallest absolute Gasteiger partial charge is 0.191 e. The summed E-state index contributed by atoms with van der Waals surface area (Å²) in [5.74, 6) is 2.34. The minimum absolute atomic E-state index is 0.468. The molecule has 1 aromatic carbocycles. The average Bonchev–Trinajstić information content (AvgIpc) is 3.25. The Morgan fingerprint density at radius 1 is 1.22 bits per heavy atom. The lowest BCUT2D eigenvalue weighted by molar-refractivity contribution is 0.624. The van der Waals surface area contributed by atoms with Crippen LogP contribution >= 0.6 is 11.3 Å². The van der Waals surface area contributed by atoms with E-state index in [-0.39, 0.29) is 0 Å². The molecule has 7 heteroatoms. The van der Waals surface area contributed by atoms with E-state index in [4.69, 9.17) is 0 Å². The van der Waals surface area contributed by atoms with E-state index in [1.54, 1.807) is 18.4 Å². The Morgan fingerprint density at radius 3 is 2.78 bits per heavy atom. The lowest BCUT2D eigenvalue weighted by atomic mass is 10.2. The Balaban J connectivity index is 1.46. The molecule has 0 fully saturated rings. The van der Waals surface area contributed by atoms with Crippen LogP contribution in [0.25, 0.3) is 11.0 Å². The highest BCUT2D eigenvalue weighted by Gasteiger charge is 2.08. The van der Waals surface area contributed by atoms with E-state index < -0.39 is 0 Å². The van der Waals surface area contributed by atoms with Gasteiger partial charge in [0.15, 0.2) is 5.96 Å². The molecule has 0 radical (unpaired) electrons. The number of thiazole rings is 1. The summed E-state index contributed by atoms with van der Waals surface area (Å²) in [6.45, 7) is 8.87. The van der Waals surface area contributed by atoms with Gasteiger partial charge in [-0.2, -0.15) is 0 Å². The number of guanidine groups is 1. The predicted molar refractivity (Wildman–Crippen MR) is 113 cm³/mol. The van der Waals surface area contributed by atoms with Crippen molar-refractivity contribution in [2.24, 2.45) is 4.99 Å². The van der Waals surface area contributed by atoms with Crippen LogP contribution < -0.4 is 10.6 Å². The van der Waals surface area contributed by atoms with Gasteiger partial charge in [-0.15, -0.1) is 11.3 Å². The zero-order valence-electron chi connectivity index (χ0n) is 16.5. The van der Waals surface area contributed by atoms with Crippen molar-refractivity contribution in [3.05, 3.63) is 46.2 Å². The van der Waals surface area contributed by atoms with Crippen molar-refractivity contribution in [2.75, 3.05) is 13.6 Å². The molecule has 0 saturated heterocycles. The molecular formula is C20H28N6S. The topological polar surface area (TPSA) is 67.1 Å². The van der Waals surface area contributed by atoms with Crippen LogP contribution in [0, 0.1) is 6.92 Å². The van der Waals surface area contributed by atoms with E-state index in [9.17, 15) is 0 Å². The lowest BCUT2D eigenvalue weighted by Gasteiger charge is -2.12. The average molecular weight is 385 g/mol. The molecule has 144 valence electrons. The third-order valence-corrected chi connectivity index (χ3v) is 5.36. The highest BCUT2D eigenvalue weighted by Crippen LogP contribution is 2.17. The number of rotatable bonds is 7. The highest BCUT2D eigenvalue weighted by atomic mass is 32.1. The van der Waals surface area contributed by atoms with Crippen molar-refractivity contribution in [3.8, 4) is 0 Å².